The molecule has 5 rings (SSSR count). The van der Waals surface area contributed by atoms with Gasteiger partial charge >= 0.3 is 6.68 Å². The topological polar surface area (TPSA) is 60.9 Å². The van der Waals surface area contributed by atoms with Crippen molar-refractivity contribution >= 4 is 28.4 Å². The SMILES string of the molecule is FC(F)F.Fc1ccccc1F.ON(Nc1nccs1)Sc1cc2c(cc1F)C(N1CCCCC1)CCO2. The molecule has 1 unspecified atom stereocenters. The maximum atomic E-state index is 14.7. The molecule has 0 radical (unpaired) electrons. The van der Waals surface area contributed by atoms with E-state index in [0.29, 0.717) is 22.4 Å². The van der Waals surface area contributed by atoms with Crippen molar-refractivity contribution in [3.05, 3.63) is 71.0 Å². The molecule has 0 bridgehead atoms. The molecule has 2 aliphatic heterocycles. The number of anilines is 1. The van der Waals surface area contributed by atoms with E-state index < -0.39 is 18.3 Å². The van der Waals surface area contributed by atoms with E-state index in [2.05, 4.69) is 15.3 Å². The van der Waals surface area contributed by atoms with Crippen molar-refractivity contribution in [1.29, 1.82) is 0 Å². The number of ether oxygens (including phenoxy) is 1. The van der Waals surface area contributed by atoms with Crippen LogP contribution in [0.1, 0.15) is 37.3 Å². The van der Waals surface area contributed by atoms with E-state index in [1.54, 1.807) is 23.7 Å². The van der Waals surface area contributed by atoms with Crippen LogP contribution in [0.2, 0.25) is 0 Å². The Kier molecular flexibility index (Phi) is 12.0. The van der Waals surface area contributed by atoms with Crippen LogP contribution in [0.3, 0.4) is 0 Å². The van der Waals surface area contributed by atoms with Gasteiger partial charge in [-0.25, -0.2) is 18.2 Å². The Hall–Kier alpha value is -2.52. The molecule has 0 amide bonds. The lowest BCUT2D eigenvalue weighted by Crippen LogP contribution is -2.36. The van der Waals surface area contributed by atoms with Gasteiger partial charge in [-0.1, -0.05) is 18.6 Å². The highest BCUT2D eigenvalue weighted by atomic mass is 32.2. The summed E-state index contributed by atoms with van der Waals surface area (Å²) in [7, 11) is 0. The Bertz CT molecular complexity index is 1100. The van der Waals surface area contributed by atoms with E-state index in [4.69, 9.17) is 4.74 Å². The molecule has 6 nitrogen and oxygen atoms in total. The summed E-state index contributed by atoms with van der Waals surface area (Å²) in [5.41, 5.74) is 3.60. The third-order valence-electron chi connectivity index (χ3n) is 5.54. The smallest absolute Gasteiger partial charge is 0.379 e. The number of piperidine rings is 1. The lowest BCUT2D eigenvalue weighted by atomic mass is 9.96. The third-order valence-corrected chi connectivity index (χ3v) is 6.99. The summed E-state index contributed by atoms with van der Waals surface area (Å²) in [5.74, 6) is -1.25. The van der Waals surface area contributed by atoms with Crippen molar-refractivity contribution in [3.8, 4) is 5.75 Å². The van der Waals surface area contributed by atoms with E-state index in [1.165, 1.54) is 42.7 Å². The quantitative estimate of drug-likeness (QED) is 0.185. The minimum Gasteiger partial charge on any atom is -0.493 e. The monoisotopic (exact) mass is 580 g/mol. The molecule has 1 atom stereocenters. The van der Waals surface area contributed by atoms with E-state index in [9.17, 15) is 31.5 Å². The van der Waals surface area contributed by atoms with Gasteiger partial charge in [-0.3, -0.25) is 15.5 Å². The first-order chi connectivity index (χ1) is 18.2. The minimum absolute atomic E-state index is 0.214. The molecular formula is C24H26F6N4O2S2. The highest BCUT2D eigenvalue weighted by Crippen LogP contribution is 2.41. The van der Waals surface area contributed by atoms with Crippen LogP contribution in [-0.2, 0) is 0 Å². The number of likely N-dealkylation sites (tertiary alicyclic amines) is 1. The van der Waals surface area contributed by atoms with Gasteiger partial charge in [0.2, 0.25) is 0 Å². The molecule has 2 aromatic carbocycles. The fourth-order valence-electron chi connectivity index (χ4n) is 3.97. The second kappa shape index (κ2) is 15.2. The molecular weight excluding hydrogens is 554 g/mol. The lowest BCUT2D eigenvalue weighted by molar-refractivity contribution is 0.00818. The normalized spacial score (nSPS) is 17.0. The van der Waals surface area contributed by atoms with Gasteiger partial charge < -0.3 is 4.74 Å². The Balaban J connectivity index is 0.000000277. The van der Waals surface area contributed by atoms with Crippen molar-refractivity contribution in [3.63, 3.8) is 0 Å². The van der Waals surface area contributed by atoms with Gasteiger partial charge in [0, 0.05) is 41.6 Å². The standard InChI is InChI=1S/C17H21FN4O2S2.C6H4F2.CHF3/c18-13-10-12-14(21-6-2-1-3-7-21)4-8-24-15(12)11-16(13)26-22(23)20-17-19-5-9-25-17;7-5-3-1-2-4-6(5)8;2-1(3)4/h5,9-11,14,23H,1-4,6-8H2,(H,19,20);1-4H;1H. The first kappa shape index (κ1) is 30.0. The molecule has 0 aliphatic carbocycles. The number of hydrogen-bond acceptors (Lipinski definition) is 8. The van der Waals surface area contributed by atoms with Crippen LogP contribution in [0, 0.1) is 17.5 Å². The summed E-state index contributed by atoms with van der Waals surface area (Å²) >= 11 is 2.20. The zero-order valence-corrected chi connectivity index (χ0v) is 21.6. The summed E-state index contributed by atoms with van der Waals surface area (Å²) in [5, 5.41) is 12.3. The summed E-state index contributed by atoms with van der Waals surface area (Å²) in [4.78, 5) is 6.77. The van der Waals surface area contributed by atoms with Crippen LogP contribution in [-0.4, -0.2) is 46.0 Å². The van der Waals surface area contributed by atoms with E-state index in [-0.39, 0.29) is 11.9 Å². The van der Waals surface area contributed by atoms with Gasteiger partial charge in [0.15, 0.2) is 16.8 Å². The zero-order chi connectivity index (χ0) is 27.5. The number of fused-ring (bicyclic) bond motifs is 1. The van der Waals surface area contributed by atoms with E-state index >= 15 is 0 Å². The number of halogens is 6. The van der Waals surface area contributed by atoms with E-state index in [1.807, 2.05) is 0 Å². The Labute approximate surface area is 224 Å². The maximum absolute atomic E-state index is 14.7. The van der Waals surface area contributed by atoms with Crippen molar-refractivity contribution < 1.29 is 36.3 Å². The number of nitrogens with one attached hydrogen (secondary N) is 1. The second-order valence-corrected chi connectivity index (χ2v) is 9.91. The predicted molar refractivity (Wildman–Crippen MR) is 133 cm³/mol. The van der Waals surface area contributed by atoms with Crippen molar-refractivity contribution in [2.45, 2.75) is 43.3 Å². The lowest BCUT2D eigenvalue weighted by Gasteiger charge is -2.38. The molecule has 2 N–H and O–H groups in total. The number of rotatable bonds is 5. The Morgan fingerprint density at radius 2 is 1.71 bits per heavy atom. The predicted octanol–water partition coefficient (Wildman–Crippen LogP) is 7.46. The summed E-state index contributed by atoms with van der Waals surface area (Å²) in [6.07, 6.45) is 6.18. The highest BCUT2D eigenvalue weighted by molar-refractivity contribution is 7.97. The van der Waals surface area contributed by atoms with Gasteiger partial charge in [0.25, 0.3) is 0 Å². The summed E-state index contributed by atoms with van der Waals surface area (Å²) in [6, 6.07) is 8.50. The van der Waals surface area contributed by atoms with Gasteiger partial charge in [-0.05, 0) is 54.8 Å². The zero-order valence-electron chi connectivity index (χ0n) is 20.0. The molecule has 38 heavy (non-hydrogen) atoms. The van der Waals surface area contributed by atoms with E-state index in [0.717, 1.165) is 53.7 Å². The minimum atomic E-state index is -3.67. The fourth-order valence-corrected chi connectivity index (χ4v) is 5.16. The molecule has 1 aromatic heterocycles. The molecule has 1 fully saturated rings. The molecule has 3 heterocycles. The largest absolute Gasteiger partial charge is 0.493 e. The van der Waals surface area contributed by atoms with Gasteiger partial charge in [0.05, 0.1) is 11.5 Å². The molecule has 14 heteroatoms. The summed E-state index contributed by atoms with van der Waals surface area (Å²) < 4.78 is 74.1. The highest BCUT2D eigenvalue weighted by Gasteiger charge is 2.29. The van der Waals surface area contributed by atoms with Crippen LogP contribution in [0.25, 0.3) is 0 Å². The van der Waals surface area contributed by atoms with Crippen LogP contribution < -0.4 is 10.2 Å². The number of thiazole rings is 1. The van der Waals surface area contributed by atoms with Gasteiger partial charge in [0.1, 0.15) is 11.6 Å². The molecule has 2 aliphatic rings. The molecule has 3 aromatic rings. The number of aromatic nitrogens is 1. The Morgan fingerprint density at radius 3 is 2.29 bits per heavy atom. The van der Waals surface area contributed by atoms with Gasteiger partial charge in [-0.15, -0.1) is 11.3 Å². The molecule has 1 saturated heterocycles. The second-order valence-electron chi connectivity index (χ2n) is 8.04. The van der Waals surface area contributed by atoms with Crippen LogP contribution in [0.15, 0.2) is 52.9 Å². The van der Waals surface area contributed by atoms with Crippen LogP contribution in [0.4, 0.5) is 31.5 Å². The number of hydrazine groups is 1. The fraction of sp³-hybridized carbons (Fsp3) is 0.375. The van der Waals surface area contributed by atoms with Crippen LogP contribution in [0.5, 0.6) is 5.75 Å². The van der Waals surface area contributed by atoms with Crippen molar-refractivity contribution in [2.75, 3.05) is 25.1 Å². The number of benzene rings is 2. The number of alkyl halides is 3. The average molecular weight is 581 g/mol. The Morgan fingerprint density at radius 1 is 1.05 bits per heavy atom. The number of hydrogen-bond donors (Lipinski definition) is 2. The molecule has 0 spiro atoms. The van der Waals surface area contributed by atoms with Crippen LogP contribution >= 0.6 is 23.3 Å². The van der Waals surface area contributed by atoms with Crippen molar-refractivity contribution in [2.24, 2.45) is 0 Å². The molecule has 208 valence electrons. The van der Waals surface area contributed by atoms with Crippen molar-refractivity contribution in [1.82, 2.24) is 14.5 Å². The summed E-state index contributed by atoms with van der Waals surface area (Å²) in [6.45, 7) is -0.918. The van der Waals surface area contributed by atoms with Gasteiger partial charge in [-0.2, -0.15) is 13.2 Å². The first-order valence-electron chi connectivity index (χ1n) is 11.6. The third kappa shape index (κ3) is 9.34. The maximum Gasteiger partial charge on any atom is 0.379 e. The average Bonchev–Trinajstić information content (AvgIpc) is 3.39. The molecule has 0 saturated carbocycles. The number of nitrogens with zero attached hydrogens (tertiary/aromatic N) is 3. The first-order valence-corrected chi connectivity index (χ1v) is 13.3.